The van der Waals surface area contributed by atoms with Crippen molar-refractivity contribution in [3.63, 3.8) is 0 Å². The largest absolute Gasteiger partial charge is 0.377 e. The van der Waals surface area contributed by atoms with Crippen LogP contribution in [0.4, 0.5) is 0 Å². The van der Waals surface area contributed by atoms with Crippen molar-refractivity contribution >= 4 is 0 Å². The quantitative estimate of drug-likeness (QED) is 0.795. The molecule has 0 aromatic carbocycles. The van der Waals surface area contributed by atoms with E-state index in [0.717, 1.165) is 13.0 Å². The van der Waals surface area contributed by atoms with Gasteiger partial charge >= 0.3 is 0 Å². The Hall–Kier alpha value is -1.01. The third-order valence-electron chi connectivity index (χ3n) is 3.70. The van der Waals surface area contributed by atoms with Gasteiger partial charge in [-0.2, -0.15) is 5.21 Å². The summed E-state index contributed by atoms with van der Waals surface area (Å²) in [6.07, 6.45) is 1.40. The van der Waals surface area contributed by atoms with Gasteiger partial charge in [0.25, 0.3) is 0 Å². The minimum Gasteiger partial charge on any atom is -0.377 e. The van der Waals surface area contributed by atoms with Crippen molar-refractivity contribution in [2.75, 3.05) is 6.61 Å². The van der Waals surface area contributed by atoms with Gasteiger partial charge in [0.05, 0.1) is 12.6 Å². The highest BCUT2D eigenvalue weighted by atomic mass is 16.5. The van der Waals surface area contributed by atoms with Crippen LogP contribution in [0.2, 0.25) is 0 Å². The monoisotopic (exact) mass is 253 g/mol. The first-order valence-corrected chi connectivity index (χ1v) is 6.57. The fourth-order valence-corrected chi connectivity index (χ4v) is 2.30. The van der Waals surface area contributed by atoms with Crippen LogP contribution in [0.15, 0.2) is 0 Å². The van der Waals surface area contributed by atoms with Crippen molar-refractivity contribution in [1.82, 2.24) is 25.9 Å². The molecule has 0 amide bonds. The van der Waals surface area contributed by atoms with Crippen molar-refractivity contribution in [2.24, 2.45) is 11.3 Å². The topological polar surface area (TPSA) is 75.7 Å². The Morgan fingerprint density at radius 1 is 1.50 bits per heavy atom. The summed E-state index contributed by atoms with van der Waals surface area (Å²) in [4.78, 5) is 0. The van der Waals surface area contributed by atoms with Crippen molar-refractivity contribution in [1.29, 1.82) is 0 Å². The number of ether oxygens (including phenoxy) is 1. The van der Waals surface area contributed by atoms with Gasteiger partial charge in [-0.3, -0.25) is 0 Å². The fraction of sp³-hybridized carbons (Fsp3) is 0.917. The summed E-state index contributed by atoms with van der Waals surface area (Å²) in [6, 6.07) is 0.452. The molecular weight excluding hydrogens is 230 g/mol. The van der Waals surface area contributed by atoms with E-state index in [1.54, 1.807) is 0 Å². The van der Waals surface area contributed by atoms with Crippen LogP contribution in [0.5, 0.6) is 0 Å². The molecule has 1 aromatic rings. The molecule has 2 N–H and O–H groups in total. The molecule has 0 saturated heterocycles. The molecule has 2 unspecified atom stereocenters. The number of H-pyrrole nitrogens is 1. The zero-order chi connectivity index (χ0) is 13.2. The second kappa shape index (κ2) is 5.32. The van der Waals surface area contributed by atoms with Crippen LogP contribution in [0, 0.1) is 11.3 Å². The lowest BCUT2D eigenvalue weighted by molar-refractivity contribution is -0.124. The molecule has 1 aliphatic rings. The highest BCUT2D eigenvalue weighted by molar-refractivity contribution is 5.03. The molecule has 0 radical (unpaired) electrons. The van der Waals surface area contributed by atoms with E-state index in [0.29, 0.717) is 30.4 Å². The fourth-order valence-electron chi connectivity index (χ4n) is 2.30. The second-order valence-electron chi connectivity index (χ2n) is 6.03. The van der Waals surface area contributed by atoms with E-state index in [4.69, 9.17) is 4.74 Å². The lowest BCUT2D eigenvalue weighted by Crippen LogP contribution is -2.60. The second-order valence-corrected chi connectivity index (χ2v) is 6.03. The smallest absolute Gasteiger partial charge is 0.188 e. The predicted molar refractivity (Wildman–Crippen MR) is 67.8 cm³/mol. The molecule has 1 fully saturated rings. The standard InChI is InChI=1S/C12H23N5O/c1-8(2)7-18-10-5-9(12(10,3)4)13-6-11-14-16-17-15-11/h8-10,13H,5-7H2,1-4H3,(H,14,15,16,17). The van der Waals surface area contributed by atoms with E-state index >= 15 is 0 Å². The van der Waals surface area contributed by atoms with Crippen molar-refractivity contribution in [2.45, 2.75) is 52.8 Å². The number of hydrogen-bond acceptors (Lipinski definition) is 5. The van der Waals surface area contributed by atoms with E-state index in [9.17, 15) is 0 Å². The Morgan fingerprint density at radius 3 is 2.83 bits per heavy atom. The van der Waals surface area contributed by atoms with Gasteiger partial charge < -0.3 is 10.1 Å². The van der Waals surface area contributed by atoms with Crippen LogP contribution in [0.1, 0.15) is 39.9 Å². The molecule has 2 rings (SSSR count). The van der Waals surface area contributed by atoms with E-state index in [1.807, 2.05) is 0 Å². The van der Waals surface area contributed by atoms with Gasteiger partial charge in [-0.25, -0.2) is 0 Å². The predicted octanol–water partition coefficient (Wildman–Crippen LogP) is 1.13. The van der Waals surface area contributed by atoms with Gasteiger partial charge in [-0.05, 0) is 12.3 Å². The first-order valence-electron chi connectivity index (χ1n) is 6.57. The zero-order valence-corrected chi connectivity index (χ0v) is 11.6. The highest BCUT2D eigenvalue weighted by Gasteiger charge is 2.48. The first-order chi connectivity index (χ1) is 8.50. The Balaban J connectivity index is 1.76. The molecule has 0 spiro atoms. The summed E-state index contributed by atoms with van der Waals surface area (Å²) in [6.45, 7) is 10.3. The number of nitrogens with one attached hydrogen (secondary N) is 2. The van der Waals surface area contributed by atoms with E-state index in [1.165, 1.54) is 0 Å². The molecule has 0 bridgehead atoms. The molecule has 1 aliphatic carbocycles. The molecule has 2 atom stereocenters. The van der Waals surface area contributed by atoms with Crippen molar-refractivity contribution < 1.29 is 4.74 Å². The summed E-state index contributed by atoms with van der Waals surface area (Å²) < 4.78 is 5.93. The van der Waals surface area contributed by atoms with Crippen molar-refractivity contribution in [3.05, 3.63) is 5.82 Å². The number of hydrogen-bond donors (Lipinski definition) is 2. The highest BCUT2D eigenvalue weighted by Crippen LogP contribution is 2.42. The van der Waals surface area contributed by atoms with Crippen LogP contribution >= 0.6 is 0 Å². The maximum Gasteiger partial charge on any atom is 0.188 e. The number of rotatable bonds is 6. The number of aromatic nitrogens is 4. The van der Waals surface area contributed by atoms with Gasteiger partial charge in [-0.15, -0.1) is 10.2 Å². The molecule has 1 aromatic heterocycles. The molecule has 6 nitrogen and oxygen atoms in total. The van der Waals surface area contributed by atoms with Gasteiger partial charge in [0.2, 0.25) is 0 Å². The van der Waals surface area contributed by atoms with Gasteiger partial charge in [-0.1, -0.05) is 32.9 Å². The Bertz CT molecular complexity index is 363. The third-order valence-corrected chi connectivity index (χ3v) is 3.70. The van der Waals surface area contributed by atoms with Gasteiger partial charge in [0.15, 0.2) is 5.82 Å². The van der Waals surface area contributed by atoms with Crippen LogP contribution in [-0.4, -0.2) is 39.4 Å². The molecule has 102 valence electrons. The Labute approximate surface area is 108 Å². The van der Waals surface area contributed by atoms with Crippen LogP contribution in [-0.2, 0) is 11.3 Å². The van der Waals surface area contributed by atoms with E-state index < -0.39 is 0 Å². The van der Waals surface area contributed by atoms with Crippen LogP contribution in [0.25, 0.3) is 0 Å². The van der Waals surface area contributed by atoms with E-state index in [-0.39, 0.29) is 5.41 Å². The van der Waals surface area contributed by atoms with Crippen LogP contribution < -0.4 is 5.32 Å². The molecule has 1 saturated carbocycles. The third kappa shape index (κ3) is 2.87. The number of nitrogens with zero attached hydrogens (tertiary/aromatic N) is 3. The normalized spacial score (nSPS) is 26.3. The lowest BCUT2D eigenvalue weighted by Gasteiger charge is -2.52. The maximum atomic E-state index is 5.93. The number of aromatic amines is 1. The number of tetrazole rings is 1. The maximum absolute atomic E-state index is 5.93. The summed E-state index contributed by atoms with van der Waals surface area (Å²) >= 11 is 0. The Morgan fingerprint density at radius 2 is 2.28 bits per heavy atom. The average molecular weight is 253 g/mol. The van der Waals surface area contributed by atoms with E-state index in [2.05, 4.69) is 53.6 Å². The zero-order valence-electron chi connectivity index (χ0n) is 11.6. The van der Waals surface area contributed by atoms with Crippen LogP contribution in [0.3, 0.4) is 0 Å². The molecule has 18 heavy (non-hydrogen) atoms. The minimum atomic E-state index is 0.165. The Kier molecular flexibility index (Phi) is 3.97. The van der Waals surface area contributed by atoms with Gasteiger partial charge in [0.1, 0.15) is 0 Å². The molecule has 0 aliphatic heterocycles. The van der Waals surface area contributed by atoms with Crippen molar-refractivity contribution in [3.8, 4) is 0 Å². The van der Waals surface area contributed by atoms with Gasteiger partial charge in [0, 0.05) is 18.1 Å². The SMILES string of the molecule is CC(C)COC1CC(NCc2nn[nH]n2)C1(C)C. The summed E-state index contributed by atoms with van der Waals surface area (Å²) in [7, 11) is 0. The summed E-state index contributed by atoms with van der Waals surface area (Å²) in [5, 5.41) is 17.3. The summed E-state index contributed by atoms with van der Waals surface area (Å²) in [5.41, 5.74) is 0.165. The first kappa shape index (κ1) is 13.4. The minimum absolute atomic E-state index is 0.165. The molecule has 1 heterocycles. The molecular formula is C12H23N5O. The lowest BCUT2D eigenvalue weighted by atomic mass is 9.64. The average Bonchev–Trinajstić information content (AvgIpc) is 2.79. The molecule has 6 heteroatoms. The summed E-state index contributed by atoms with van der Waals surface area (Å²) in [5.74, 6) is 1.30.